The first-order valence-corrected chi connectivity index (χ1v) is 4.92. The SMILES string of the molecule is Cc1nnc(Cn2cc(C(C)Cl)nn2)o1. The molecule has 0 aromatic carbocycles. The van der Waals surface area contributed by atoms with Crippen LogP contribution >= 0.6 is 11.6 Å². The normalized spacial score (nSPS) is 13.0. The molecule has 1 atom stereocenters. The van der Waals surface area contributed by atoms with Gasteiger partial charge in [0.25, 0.3) is 0 Å². The van der Waals surface area contributed by atoms with Gasteiger partial charge in [-0.2, -0.15) is 0 Å². The average molecular weight is 228 g/mol. The van der Waals surface area contributed by atoms with Crippen LogP contribution in [0.15, 0.2) is 10.6 Å². The van der Waals surface area contributed by atoms with Crippen molar-refractivity contribution in [2.75, 3.05) is 0 Å². The molecule has 0 bridgehead atoms. The second-order valence-electron chi connectivity index (χ2n) is 3.17. The summed E-state index contributed by atoms with van der Waals surface area (Å²) in [4.78, 5) is 0. The highest BCUT2D eigenvalue weighted by Gasteiger charge is 2.09. The number of hydrogen-bond donors (Lipinski definition) is 0. The molecule has 0 spiro atoms. The fourth-order valence-corrected chi connectivity index (χ4v) is 1.21. The molecule has 0 amide bonds. The number of nitrogens with zero attached hydrogens (tertiary/aromatic N) is 5. The van der Waals surface area contributed by atoms with E-state index < -0.39 is 0 Å². The second kappa shape index (κ2) is 3.98. The van der Waals surface area contributed by atoms with Crippen LogP contribution in [0.5, 0.6) is 0 Å². The molecule has 2 aromatic rings. The first-order chi connectivity index (χ1) is 7.15. The molecular formula is C8H10ClN5O. The molecular weight excluding hydrogens is 218 g/mol. The lowest BCUT2D eigenvalue weighted by Gasteiger charge is -1.94. The smallest absolute Gasteiger partial charge is 0.237 e. The molecule has 80 valence electrons. The summed E-state index contributed by atoms with van der Waals surface area (Å²) in [6.45, 7) is 3.99. The van der Waals surface area contributed by atoms with Crippen LogP contribution in [-0.4, -0.2) is 25.2 Å². The molecule has 2 heterocycles. The Balaban J connectivity index is 2.11. The molecule has 2 rings (SSSR count). The van der Waals surface area contributed by atoms with Crippen LogP contribution in [0.2, 0.25) is 0 Å². The number of halogens is 1. The Morgan fingerprint density at radius 1 is 1.47 bits per heavy atom. The van der Waals surface area contributed by atoms with Crippen molar-refractivity contribution in [1.29, 1.82) is 0 Å². The molecule has 2 aromatic heterocycles. The summed E-state index contributed by atoms with van der Waals surface area (Å²) in [5.74, 6) is 1.04. The molecule has 0 aliphatic rings. The minimum absolute atomic E-state index is 0.150. The molecule has 0 saturated heterocycles. The lowest BCUT2D eigenvalue weighted by atomic mass is 10.4. The van der Waals surface area contributed by atoms with Gasteiger partial charge in [0.05, 0.1) is 11.6 Å². The van der Waals surface area contributed by atoms with Crippen molar-refractivity contribution < 1.29 is 4.42 Å². The van der Waals surface area contributed by atoms with Gasteiger partial charge in [-0.3, -0.25) is 0 Å². The Morgan fingerprint density at radius 3 is 2.80 bits per heavy atom. The van der Waals surface area contributed by atoms with Crippen LogP contribution in [0.3, 0.4) is 0 Å². The number of aryl methyl sites for hydroxylation is 1. The van der Waals surface area contributed by atoms with Gasteiger partial charge in [0.1, 0.15) is 12.2 Å². The zero-order valence-electron chi connectivity index (χ0n) is 8.38. The standard InChI is InChI=1S/C8H10ClN5O/c1-5(9)7-3-14(13-11-7)4-8-12-10-6(2)15-8/h3,5H,4H2,1-2H3. The average Bonchev–Trinajstić information content (AvgIpc) is 2.76. The third-order valence-electron chi connectivity index (χ3n) is 1.83. The highest BCUT2D eigenvalue weighted by Crippen LogP contribution is 2.15. The van der Waals surface area contributed by atoms with Crippen molar-refractivity contribution in [2.45, 2.75) is 25.8 Å². The van der Waals surface area contributed by atoms with Gasteiger partial charge >= 0.3 is 0 Å². The van der Waals surface area contributed by atoms with Gasteiger partial charge < -0.3 is 4.42 Å². The first kappa shape index (κ1) is 10.1. The number of hydrogen-bond acceptors (Lipinski definition) is 5. The van der Waals surface area contributed by atoms with E-state index in [-0.39, 0.29) is 5.38 Å². The van der Waals surface area contributed by atoms with Gasteiger partial charge in [0.15, 0.2) is 0 Å². The minimum Gasteiger partial charge on any atom is -0.424 e. The van der Waals surface area contributed by atoms with E-state index in [1.807, 2.05) is 6.92 Å². The molecule has 0 radical (unpaired) electrons. The first-order valence-electron chi connectivity index (χ1n) is 4.48. The summed E-state index contributed by atoms with van der Waals surface area (Å²) < 4.78 is 6.83. The molecule has 1 unspecified atom stereocenters. The second-order valence-corrected chi connectivity index (χ2v) is 3.83. The Bertz CT molecular complexity index is 449. The zero-order chi connectivity index (χ0) is 10.8. The third kappa shape index (κ3) is 2.33. The number of aromatic nitrogens is 5. The molecule has 6 nitrogen and oxygen atoms in total. The maximum Gasteiger partial charge on any atom is 0.237 e. The Hall–Kier alpha value is -1.43. The summed E-state index contributed by atoms with van der Waals surface area (Å²) in [6, 6.07) is 0. The van der Waals surface area contributed by atoms with Gasteiger partial charge in [-0.15, -0.1) is 26.9 Å². The Morgan fingerprint density at radius 2 is 2.27 bits per heavy atom. The van der Waals surface area contributed by atoms with Crippen LogP contribution in [0.25, 0.3) is 0 Å². The van der Waals surface area contributed by atoms with Crippen molar-refractivity contribution in [1.82, 2.24) is 25.2 Å². The molecule has 0 aliphatic heterocycles. The van der Waals surface area contributed by atoms with Crippen LogP contribution < -0.4 is 0 Å². The van der Waals surface area contributed by atoms with Gasteiger partial charge in [-0.05, 0) is 6.92 Å². The van der Waals surface area contributed by atoms with Crippen molar-refractivity contribution in [2.24, 2.45) is 0 Å². The summed E-state index contributed by atoms with van der Waals surface area (Å²) in [5, 5.41) is 15.2. The van der Waals surface area contributed by atoms with Crippen LogP contribution in [0.4, 0.5) is 0 Å². The molecule has 15 heavy (non-hydrogen) atoms. The van der Waals surface area contributed by atoms with E-state index in [0.717, 1.165) is 5.69 Å². The lowest BCUT2D eigenvalue weighted by molar-refractivity contribution is 0.441. The summed E-state index contributed by atoms with van der Waals surface area (Å²) in [5.41, 5.74) is 0.730. The Kier molecular flexibility index (Phi) is 2.68. The highest BCUT2D eigenvalue weighted by atomic mass is 35.5. The van der Waals surface area contributed by atoms with Gasteiger partial charge in [0.2, 0.25) is 11.8 Å². The number of rotatable bonds is 3. The van der Waals surface area contributed by atoms with Crippen molar-refractivity contribution in [3.05, 3.63) is 23.7 Å². The fraction of sp³-hybridized carbons (Fsp3) is 0.500. The highest BCUT2D eigenvalue weighted by molar-refractivity contribution is 6.20. The lowest BCUT2D eigenvalue weighted by Crippen LogP contribution is -2.00. The molecule has 0 saturated carbocycles. The van der Waals surface area contributed by atoms with Crippen LogP contribution in [-0.2, 0) is 6.54 Å². The largest absolute Gasteiger partial charge is 0.424 e. The predicted molar refractivity (Wildman–Crippen MR) is 52.4 cm³/mol. The van der Waals surface area contributed by atoms with Crippen LogP contribution in [0.1, 0.15) is 29.8 Å². The van der Waals surface area contributed by atoms with E-state index in [9.17, 15) is 0 Å². The number of alkyl halides is 1. The predicted octanol–water partition coefficient (Wildman–Crippen LogP) is 1.32. The monoisotopic (exact) mass is 227 g/mol. The topological polar surface area (TPSA) is 69.6 Å². The van der Waals surface area contributed by atoms with E-state index >= 15 is 0 Å². The van der Waals surface area contributed by atoms with Crippen LogP contribution in [0, 0.1) is 6.92 Å². The zero-order valence-corrected chi connectivity index (χ0v) is 9.14. The molecule has 0 N–H and O–H groups in total. The summed E-state index contributed by atoms with van der Waals surface area (Å²) in [7, 11) is 0. The van der Waals surface area contributed by atoms with Crippen molar-refractivity contribution in [3.8, 4) is 0 Å². The van der Waals surface area contributed by atoms with Gasteiger partial charge in [0, 0.05) is 6.92 Å². The maximum absolute atomic E-state index is 5.86. The van der Waals surface area contributed by atoms with E-state index in [2.05, 4.69) is 20.5 Å². The van der Waals surface area contributed by atoms with Gasteiger partial charge in [-0.25, -0.2) is 4.68 Å². The fourth-order valence-electron chi connectivity index (χ4n) is 1.11. The van der Waals surface area contributed by atoms with E-state index in [0.29, 0.717) is 18.3 Å². The minimum atomic E-state index is -0.150. The summed E-state index contributed by atoms with van der Waals surface area (Å²) >= 11 is 5.86. The van der Waals surface area contributed by atoms with E-state index in [1.165, 1.54) is 0 Å². The molecule has 0 aliphatic carbocycles. The van der Waals surface area contributed by atoms with Crippen molar-refractivity contribution in [3.63, 3.8) is 0 Å². The Labute approximate surface area is 91.2 Å². The molecule has 7 heteroatoms. The van der Waals surface area contributed by atoms with E-state index in [4.69, 9.17) is 16.0 Å². The summed E-state index contributed by atoms with van der Waals surface area (Å²) in [6.07, 6.45) is 1.76. The van der Waals surface area contributed by atoms with Gasteiger partial charge in [-0.1, -0.05) is 5.21 Å². The molecule has 0 fully saturated rings. The van der Waals surface area contributed by atoms with Crippen molar-refractivity contribution >= 4 is 11.6 Å². The maximum atomic E-state index is 5.86. The van der Waals surface area contributed by atoms with E-state index in [1.54, 1.807) is 17.8 Å². The quantitative estimate of drug-likeness (QED) is 0.740. The third-order valence-corrected chi connectivity index (χ3v) is 2.05.